The molecule has 0 aliphatic carbocycles. The fourth-order valence-corrected chi connectivity index (χ4v) is 3.46. The predicted octanol–water partition coefficient (Wildman–Crippen LogP) is 4.12. The van der Waals surface area contributed by atoms with E-state index in [1.807, 2.05) is 37.5 Å². The lowest BCUT2D eigenvalue weighted by atomic mass is 10.0. The normalized spacial score (nSPS) is 14.4. The van der Waals surface area contributed by atoms with Crippen LogP contribution in [0.1, 0.15) is 43.7 Å². The lowest BCUT2D eigenvalue weighted by Gasteiger charge is -2.23. The van der Waals surface area contributed by atoms with Crippen molar-refractivity contribution in [3.63, 3.8) is 0 Å². The third-order valence-corrected chi connectivity index (χ3v) is 5.25. The first-order chi connectivity index (χ1) is 16.1. The summed E-state index contributed by atoms with van der Waals surface area (Å²) in [5.41, 5.74) is 3.27. The molecule has 1 aliphatic heterocycles. The first kappa shape index (κ1) is 24.5. The van der Waals surface area contributed by atoms with Crippen LogP contribution in [0.15, 0.2) is 60.9 Å². The molecule has 6 nitrogen and oxygen atoms in total. The molecule has 1 atom stereocenters. The van der Waals surface area contributed by atoms with E-state index < -0.39 is 6.10 Å². The number of aliphatic hydroxyl groups excluding tert-OH is 2. The maximum Gasteiger partial charge on any atom is 0.137 e. The molecule has 0 bridgehead atoms. The average Bonchev–Trinajstić information content (AvgIpc) is 3.28. The van der Waals surface area contributed by atoms with Crippen molar-refractivity contribution in [1.82, 2.24) is 9.55 Å². The summed E-state index contributed by atoms with van der Waals surface area (Å²) in [6.07, 6.45) is 5.70. The number of rotatable bonds is 5. The molecule has 3 aromatic rings. The number of benzene rings is 2. The van der Waals surface area contributed by atoms with Crippen LogP contribution in [0.25, 0.3) is 11.1 Å². The summed E-state index contributed by atoms with van der Waals surface area (Å²) in [6, 6.07) is 16.4. The second-order valence-corrected chi connectivity index (χ2v) is 7.88. The number of hydrogen-bond donors (Lipinski definition) is 2. The number of aliphatic hydroxyl groups is 2. The van der Waals surface area contributed by atoms with Crippen LogP contribution in [-0.2, 0) is 11.8 Å². The molecule has 1 aliphatic rings. The van der Waals surface area contributed by atoms with Gasteiger partial charge in [0.15, 0.2) is 0 Å². The molecular weight excluding hydrogens is 416 g/mol. The zero-order valence-electron chi connectivity index (χ0n) is 19.3. The summed E-state index contributed by atoms with van der Waals surface area (Å²) < 4.78 is 13.2. The highest BCUT2D eigenvalue weighted by molar-refractivity contribution is 5.65. The van der Waals surface area contributed by atoms with Gasteiger partial charge in [0.2, 0.25) is 0 Å². The lowest BCUT2D eigenvalue weighted by molar-refractivity contribution is 0.0256. The lowest BCUT2D eigenvalue weighted by Crippen LogP contribution is -2.25. The number of aromatic nitrogens is 2. The Hall–Kier alpha value is -3.11. The van der Waals surface area contributed by atoms with Crippen LogP contribution in [-0.4, -0.2) is 45.7 Å². The van der Waals surface area contributed by atoms with Crippen molar-refractivity contribution in [2.45, 2.75) is 38.4 Å². The van der Waals surface area contributed by atoms with Crippen molar-refractivity contribution in [1.29, 1.82) is 0 Å². The second-order valence-electron chi connectivity index (χ2n) is 7.88. The van der Waals surface area contributed by atoms with E-state index in [2.05, 4.69) is 41.1 Å². The van der Waals surface area contributed by atoms with Crippen LogP contribution in [0.4, 0.5) is 0 Å². The van der Waals surface area contributed by atoms with Crippen LogP contribution in [0, 0.1) is 11.8 Å². The summed E-state index contributed by atoms with van der Waals surface area (Å²) in [6.45, 7) is 3.38. The Labute approximate surface area is 195 Å². The van der Waals surface area contributed by atoms with Gasteiger partial charge in [-0.2, -0.15) is 0 Å². The average molecular weight is 449 g/mol. The van der Waals surface area contributed by atoms with Gasteiger partial charge in [-0.05, 0) is 42.3 Å². The summed E-state index contributed by atoms with van der Waals surface area (Å²) in [4.78, 5) is 3.93. The monoisotopic (exact) mass is 448 g/mol. The predicted molar refractivity (Wildman–Crippen MR) is 129 cm³/mol. The highest BCUT2D eigenvalue weighted by Crippen LogP contribution is 2.24. The summed E-state index contributed by atoms with van der Waals surface area (Å²) in [5.74, 6) is 7.59. The highest BCUT2D eigenvalue weighted by Gasteiger charge is 2.15. The van der Waals surface area contributed by atoms with Crippen molar-refractivity contribution < 1.29 is 19.7 Å². The molecule has 0 amide bonds. The SMILES string of the molecule is CC(O)c1nccn1C.OCCC#Cc1ccc(-c2ccc(OC3CCOCC3)cc2)cc1. The zero-order valence-corrected chi connectivity index (χ0v) is 19.3. The molecule has 2 aromatic carbocycles. The van der Waals surface area contributed by atoms with Crippen LogP contribution in [0.5, 0.6) is 5.75 Å². The molecule has 33 heavy (non-hydrogen) atoms. The molecule has 174 valence electrons. The molecule has 0 radical (unpaired) electrons. The van der Waals surface area contributed by atoms with Gasteiger partial charge < -0.3 is 24.3 Å². The third-order valence-electron chi connectivity index (χ3n) is 5.25. The molecule has 0 spiro atoms. The molecule has 1 unspecified atom stereocenters. The molecule has 1 aromatic heterocycles. The standard InChI is InChI=1S/C21H22O3.C6H10N2O/c22-14-2-1-3-17-4-6-18(7-5-17)19-8-10-20(11-9-19)24-21-12-15-23-16-13-21;1-5(9)6-7-3-4-8(6)2/h4-11,21-22H,2,12-16H2;3-5,9H,1-2H3. The van der Waals surface area contributed by atoms with Crippen LogP contribution >= 0.6 is 0 Å². The minimum absolute atomic E-state index is 0.105. The van der Waals surface area contributed by atoms with Crippen LogP contribution < -0.4 is 4.74 Å². The van der Waals surface area contributed by atoms with E-state index in [9.17, 15) is 0 Å². The molecule has 1 saturated heterocycles. The van der Waals surface area contributed by atoms with Crippen molar-refractivity contribution in [3.8, 4) is 28.7 Å². The van der Waals surface area contributed by atoms with Gasteiger partial charge in [-0.15, -0.1) is 0 Å². The Morgan fingerprint density at radius 2 is 1.73 bits per heavy atom. The van der Waals surface area contributed by atoms with Gasteiger partial charge in [-0.1, -0.05) is 36.1 Å². The Balaban J connectivity index is 0.000000286. The van der Waals surface area contributed by atoms with Crippen molar-refractivity contribution in [2.24, 2.45) is 7.05 Å². The number of aryl methyl sites for hydroxylation is 1. The minimum atomic E-state index is -0.468. The van der Waals surface area contributed by atoms with Crippen molar-refractivity contribution in [3.05, 3.63) is 72.3 Å². The minimum Gasteiger partial charge on any atom is -0.490 e. The largest absolute Gasteiger partial charge is 0.490 e. The molecule has 6 heteroatoms. The number of hydrogen-bond acceptors (Lipinski definition) is 5. The first-order valence-electron chi connectivity index (χ1n) is 11.3. The smallest absolute Gasteiger partial charge is 0.137 e. The number of imidazole rings is 1. The van der Waals surface area contributed by atoms with Gasteiger partial charge >= 0.3 is 0 Å². The molecular formula is C27H32N2O4. The maximum atomic E-state index is 9.01. The van der Waals surface area contributed by atoms with E-state index in [0.29, 0.717) is 12.2 Å². The second kappa shape index (κ2) is 12.8. The van der Waals surface area contributed by atoms with Crippen molar-refractivity contribution >= 4 is 0 Å². The van der Waals surface area contributed by atoms with Gasteiger partial charge in [-0.25, -0.2) is 4.98 Å². The van der Waals surface area contributed by atoms with Crippen LogP contribution in [0.2, 0.25) is 0 Å². The van der Waals surface area contributed by atoms with E-state index in [1.54, 1.807) is 17.7 Å². The Morgan fingerprint density at radius 3 is 2.24 bits per heavy atom. The van der Waals surface area contributed by atoms with E-state index in [1.165, 1.54) is 0 Å². The van der Waals surface area contributed by atoms with E-state index >= 15 is 0 Å². The summed E-state index contributed by atoms with van der Waals surface area (Å²) >= 11 is 0. The Morgan fingerprint density at radius 1 is 1.09 bits per heavy atom. The van der Waals surface area contributed by atoms with Gasteiger partial charge in [0.25, 0.3) is 0 Å². The van der Waals surface area contributed by atoms with Crippen molar-refractivity contribution in [2.75, 3.05) is 19.8 Å². The molecule has 2 N–H and O–H groups in total. The van der Waals surface area contributed by atoms with Crippen LogP contribution in [0.3, 0.4) is 0 Å². The van der Waals surface area contributed by atoms with E-state index in [-0.39, 0.29) is 12.7 Å². The van der Waals surface area contributed by atoms with Gasteiger partial charge in [0.1, 0.15) is 23.8 Å². The fraction of sp³-hybridized carbons (Fsp3) is 0.370. The number of nitrogens with zero attached hydrogens (tertiary/aromatic N) is 2. The quantitative estimate of drug-likeness (QED) is 0.574. The first-order valence-corrected chi connectivity index (χ1v) is 11.3. The molecule has 4 rings (SSSR count). The number of ether oxygens (including phenoxy) is 2. The Kier molecular flexibility index (Phi) is 9.52. The van der Waals surface area contributed by atoms with Gasteiger partial charge in [-0.3, -0.25) is 0 Å². The summed E-state index contributed by atoms with van der Waals surface area (Å²) in [5, 5.41) is 17.8. The summed E-state index contributed by atoms with van der Waals surface area (Å²) in [7, 11) is 1.86. The zero-order chi connectivity index (χ0) is 23.5. The highest BCUT2D eigenvalue weighted by atomic mass is 16.5. The molecule has 0 saturated carbocycles. The molecule has 1 fully saturated rings. The van der Waals surface area contributed by atoms with Gasteiger partial charge in [0, 0.05) is 44.3 Å². The topological polar surface area (TPSA) is 76.7 Å². The molecule has 2 heterocycles. The van der Waals surface area contributed by atoms with E-state index in [4.69, 9.17) is 19.7 Å². The van der Waals surface area contributed by atoms with E-state index in [0.717, 1.165) is 48.5 Å². The third kappa shape index (κ3) is 7.76. The Bertz CT molecular complexity index is 1020. The fourth-order valence-electron chi connectivity index (χ4n) is 3.46. The van der Waals surface area contributed by atoms with Gasteiger partial charge in [0.05, 0.1) is 19.8 Å². The maximum absolute atomic E-state index is 9.01.